The van der Waals surface area contributed by atoms with Crippen LogP contribution in [-0.2, 0) is 9.09 Å². The van der Waals surface area contributed by atoms with Crippen molar-refractivity contribution in [1.82, 2.24) is 4.67 Å². The van der Waals surface area contributed by atoms with Gasteiger partial charge >= 0.3 is 6.72 Å². The number of rotatable bonds is 7. The smallest absolute Gasteiger partial charge is 0.299 e. The van der Waals surface area contributed by atoms with E-state index in [9.17, 15) is 4.57 Å². The maximum atomic E-state index is 12.7. The standard InChI is InChI=1S/C9H18Cl4NO2PS/c1-8(2,9(11,12)13)16-17(15,14(3)4)18-7-5-6-10/h5-7H2,1-4H3/t17-/m0/s1. The van der Waals surface area contributed by atoms with E-state index in [4.69, 9.17) is 50.9 Å². The average Bonchev–Trinajstić information content (AvgIpc) is 2.15. The van der Waals surface area contributed by atoms with Gasteiger partial charge in [-0.3, -0.25) is 9.09 Å². The van der Waals surface area contributed by atoms with E-state index in [1.807, 2.05) is 0 Å². The van der Waals surface area contributed by atoms with Gasteiger partial charge in [-0.1, -0.05) is 46.2 Å². The molecule has 0 radical (unpaired) electrons. The van der Waals surface area contributed by atoms with Crippen LogP contribution in [0.1, 0.15) is 20.3 Å². The SMILES string of the molecule is CN(C)[P@](=O)(OC(C)(C)C(Cl)(Cl)Cl)SCCCCl. The molecule has 0 aliphatic rings. The van der Waals surface area contributed by atoms with Gasteiger partial charge in [-0.05, 0) is 34.4 Å². The van der Waals surface area contributed by atoms with Crippen LogP contribution in [0.4, 0.5) is 0 Å². The Morgan fingerprint density at radius 3 is 2.11 bits per heavy atom. The fourth-order valence-corrected chi connectivity index (χ4v) is 5.52. The van der Waals surface area contributed by atoms with Gasteiger partial charge in [0, 0.05) is 11.6 Å². The molecule has 0 aliphatic carbocycles. The first-order valence-electron chi connectivity index (χ1n) is 5.22. The largest absolute Gasteiger partial charge is 0.329 e. The molecule has 0 bridgehead atoms. The number of hydrogen-bond donors (Lipinski definition) is 0. The highest BCUT2D eigenvalue weighted by Crippen LogP contribution is 2.65. The average molecular weight is 377 g/mol. The first kappa shape index (κ1) is 19.7. The lowest BCUT2D eigenvalue weighted by molar-refractivity contribution is 0.112. The Labute approximate surface area is 133 Å². The summed E-state index contributed by atoms with van der Waals surface area (Å²) in [4.78, 5) is 0. The van der Waals surface area contributed by atoms with Crippen LogP contribution in [0.25, 0.3) is 0 Å². The Kier molecular flexibility index (Phi) is 8.31. The second-order valence-electron chi connectivity index (χ2n) is 4.29. The molecular formula is C9H18Cl4NO2PS. The molecule has 9 heteroatoms. The van der Waals surface area contributed by atoms with E-state index in [1.54, 1.807) is 27.9 Å². The number of hydrogen-bond acceptors (Lipinski definition) is 3. The molecule has 3 nitrogen and oxygen atoms in total. The molecule has 0 heterocycles. The van der Waals surface area contributed by atoms with Crippen molar-refractivity contribution in [2.45, 2.75) is 29.7 Å². The molecule has 1 atom stereocenters. The molecule has 0 aromatic rings. The molecule has 0 amide bonds. The summed E-state index contributed by atoms with van der Waals surface area (Å²) >= 11 is 24.3. The van der Waals surface area contributed by atoms with Crippen LogP contribution in [0.15, 0.2) is 0 Å². The van der Waals surface area contributed by atoms with Crippen molar-refractivity contribution >= 4 is 64.5 Å². The minimum absolute atomic E-state index is 0.508. The third-order valence-corrected chi connectivity index (χ3v) is 8.88. The highest BCUT2D eigenvalue weighted by Gasteiger charge is 2.47. The molecule has 0 unspecified atom stereocenters. The molecule has 0 aromatic carbocycles. The summed E-state index contributed by atoms with van der Waals surface area (Å²) in [6.07, 6.45) is 0.738. The van der Waals surface area contributed by atoms with Gasteiger partial charge in [0.25, 0.3) is 0 Å². The van der Waals surface area contributed by atoms with Crippen LogP contribution in [0, 0.1) is 0 Å². The van der Waals surface area contributed by atoms with E-state index < -0.39 is 16.1 Å². The van der Waals surface area contributed by atoms with Crippen LogP contribution in [0.2, 0.25) is 0 Å². The monoisotopic (exact) mass is 375 g/mol. The van der Waals surface area contributed by atoms with Crippen molar-refractivity contribution in [2.24, 2.45) is 0 Å². The van der Waals surface area contributed by atoms with Crippen molar-refractivity contribution < 1.29 is 9.09 Å². The molecular weight excluding hydrogens is 359 g/mol. The fraction of sp³-hybridized carbons (Fsp3) is 1.00. The minimum atomic E-state index is -3.10. The van der Waals surface area contributed by atoms with Gasteiger partial charge in [0.2, 0.25) is 3.79 Å². The summed E-state index contributed by atoms with van der Waals surface area (Å²) in [6, 6.07) is 0. The lowest BCUT2D eigenvalue weighted by Crippen LogP contribution is -2.39. The lowest BCUT2D eigenvalue weighted by Gasteiger charge is -2.37. The third kappa shape index (κ3) is 5.97. The van der Waals surface area contributed by atoms with Crippen LogP contribution in [0.5, 0.6) is 0 Å². The van der Waals surface area contributed by atoms with Crippen LogP contribution >= 0.6 is 64.5 Å². The van der Waals surface area contributed by atoms with E-state index in [-0.39, 0.29) is 0 Å². The maximum Gasteiger partial charge on any atom is 0.329 e. The van der Waals surface area contributed by atoms with Gasteiger partial charge in [-0.15, -0.1) is 11.6 Å². The Morgan fingerprint density at radius 1 is 1.28 bits per heavy atom. The van der Waals surface area contributed by atoms with E-state index in [0.29, 0.717) is 11.6 Å². The van der Waals surface area contributed by atoms with Crippen LogP contribution in [0.3, 0.4) is 0 Å². The molecule has 0 rings (SSSR count). The predicted octanol–water partition coefficient (Wildman–Crippen LogP) is 5.18. The Hall–Kier alpha value is 1.66. The van der Waals surface area contributed by atoms with Crippen LogP contribution < -0.4 is 0 Å². The van der Waals surface area contributed by atoms with Gasteiger partial charge in [-0.2, -0.15) is 0 Å². The summed E-state index contributed by atoms with van der Waals surface area (Å²) in [6.45, 7) is 0.0900. The van der Waals surface area contributed by atoms with Crippen molar-refractivity contribution in [3.8, 4) is 0 Å². The Bertz CT molecular complexity index is 309. The summed E-state index contributed by atoms with van der Waals surface area (Å²) in [7, 11) is 3.34. The first-order chi connectivity index (χ1) is 7.96. The van der Waals surface area contributed by atoms with E-state index >= 15 is 0 Å². The van der Waals surface area contributed by atoms with Gasteiger partial charge in [-0.25, -0.2) is 4.67 Å². The number of halogens is 4. The molecule has 18 heavy (non-hydrogen) atoms. The quantitative estimate of drug-likeness (QED) is 0.347. The van der Waals surface area contributed by atoms with Gasteiger partial charge < -0.3 is 0 Å². The van der Waals surface area contributed by atoms with Crippen LogP contribution in [-0.4, -0.2) is 39.8 Å². The van der Waals surface area contributed by atoms with Crippen molar-refractivity contribution in [3.05, 3.63) is 0 Å². The summed E-state index contributed by atoms with van der Waals surface area (Å²) in [5, 5.41) is 0. The molecule has 0 N–H and O–H groups in total. The Balaban J connectivity index is 4.87. The zero-order valence-corrected chi connectivity index (χ0v) is 15.5. The molecule has 0 aromatic heterocycles. The highest BCUT2D eigenvalue weighted by molar-refractivity contribution is 8.55. The summed E-state index contributed by atoms with van der Waals surface area (Å²) in [5.74, 6) is 1.13. The zero-order chi connectivity index (χ0) is 14.6. The third-order valence-electron chi connectivity index (χ3n) is 2.05. The van der Waals surface area contributed by atoms with Crippen molar-refractivity contribution in [1.29, 1.82) is 0 Å². The van der Waals surface area contributed by atoms with Crippen molar-refractivity contribution in [3.63, 3.8) is 0 Å². The normalized spacial score (nSPS) is 16.9. The Morgan fingerprint density at radius 2 is 1.78 bits per heavy atom. The minimum Gasteiger partial charge on any atom is -0.299 e. The van der Waals surface area contributed by atoms with E-state index in [0.717, 1.165) is 6.42 Å². The van der Waals surface area contributed by atoms with Crippen molar-refractivity contribution in [2.75, 3.05) is 25.7 Å². The molecule has 0 saturated carbocycles. The lowest BCUT2D eigenvalue weighted by atomic mass is 10.2. The second-order valence-corrected chi connectivity index (χ2v) is 11.7. The number of nitrogens with zero attached hydrogens (tertiary/aromatic N) is 1. The topological polar surface area (TPSA) is 29.5 Å². The predicted molar refractivity (Wildman–Crippen MR) is 84.5 cm³/mol. The first-order valence-corrected chi connectivity index (χ1v) is 10.1. The number of alkyl halides is 4. The second kappa shape index (κ2) is 7.61. The fourth-order valence-electron chi connectivity index (χ4n) is 0.798. The summed E-state index contributed by atoms with van der Waals surface area (Å²) in [5.41, 5.74) is -1.16. The van der Waals surface area contributed by atoms with Gasteiger partial charge in [0.05, 0.1) is 0 Å². The van der Waals surface area contributed by atoms with Gasteiger partial charge in [0.1, 0.15) is 5.60 Å². The highest BCUT2D eigenvalue weighted by atomic mass is 35.6. The van der Waals surface area contributed by atoms with Gasteiger partial charge in [0.15, 0.2) is 0 Å². The molecule has 110 valence electrons. The molecule has 0 fully saturated rings. The van der Waals surface area contributed by atoms with E-state index in [2.05, 4.69) is 0 Å². The zero-order valence-electron chi connectivity index (χ0n) is 10.8. The molecule has 0 spiro atoms. The van der Waals surface area contributed by atoms with E-state index in [1.165, 1.54) is 16.1 Å². The summed E-state index contributed by atoms with van der Waals surface area (Å²) < 4.78 is 18.2. The maximum absolute atomic E-state index is 12.7. The molecule has 0 saturated heterocycles. The molecule has 0 aliphatic heterocycles.